The van der Waals surface area contributed by atoms with Gasteiger partial charge in [0.25, 0.3) is 0 Å². The number of rotatable bonds is 6. The minimum Gasteiger partial charge on any atom is -0.497 e. The van der Waals surface area contributed by atoms with Gasteiger partial charge in [0, 0.05) is 6.54 Å². The fourth-order valence-corrected chi connectivity index (χ4v) is 2.05. The number of nitrogens with one attached hydrogen (secondary N) is 1. The molecule has 2 aromatic rings. The molecule has 116 valence electrons. The van der Waals surface area contributed by atoms with Gasteiger partial charge in [-0.05, 0) is 35.4 Å². The van der Waals surface area contributed by atoms with Crippen molar-refractivity contribution < 1.29 is 18.7 Å². The lowest BCUT2D eigenvalue weighted by Gasteiger charge is -2.08. The van der Waals surface area contributed by atoms with Gasteiger partial charge in [0.2, 0.25) is 5.91 Å². The number of halogens is 1. The van der Waals surface area contributed by atoms with E-state index in [1.54, 1.807) is 13.2 Å². The average Bonchev–Trinajstić information content (AvgIpc) is 2.53. The maximum Gasteiger partial charge on any atom is 0.224 e. The topological polar surface area (TPSA) is 47.6 Å². The van der Waals surface area contributed by atoms with E-state index in [0.717, 1.165) is 11.3 Å². The van der Waals surface area contributed by atoms with E-state index in [2.05, 4.69) is 5.32 Å². The summed E-state index contributed by atoms with van der Waals surface area (Å²) in [5.74, 6) is 0.262. The van der Waals surface area contributed by atoms with E-state index in [1.165, 1.54) is 19.2 Å². The Balaban J connectivity index is 1.91. The third kappa shape index (κ3) is 4.22. The lowest BCUT2D eigenvalue weighted by Crippen LogP contribution is -2.24. The average molecular weight is 303 g/mol. The Morgan fingerprint density at radius 2 is 1.91 bits per heavy atom. The minimum absolute atomic E-state index is 0.116. The molecule has 0 aliphatic carbocycles. The van der Waals surface area contributed by atoms with Crippen LogP contribution in [-0.4, -0.2) is 20.1 Å². The lowest BCUT2D eigenvalue weighted by atomic mass is 10.1. The summed E-state index contributed by atoms with van der Waals surface area (Å²) in [5, 5.41) is 2.80. The van der Waals surface area contributed by atoms with E-state index < -0.39 is 5.82 Å². The minimum atomic E-state index is -0.472. The number of carbonyl (C=O) groups excluding carboxylic acids is 1. The first-order chi connectivity index (χ1) is 10.6. The van der Waals surface area contributed by atoms with Crippen LogP contribution in [0.5, 0.6) is 11.5 Å². The van der Waals surface area contributed by atoms with Crippen LogP contribution in [0.25, 0.3) is 0 Å². The molecule has 2 aromatic carbocycles. The van der Waals surface area contributed by atoms with E-state index in [9.17, 15) is 9.18 Å². The summed E-state index contributed by atoms with van der Waals surface area (Å²) in [7, 11) is 2.99. The lowest BCUT2D eigenvalue weighted by molar-refractivity contribution is -0.120. The van der Waals surface area contributed by atoms with E-state index in [-0.39, 0.29) is 18.1 Å². The first kappa shape index (κ1) is 15.8. The predicted molar refractivity (Wildman–Crippen MR) is 81.5 cm³/mol. The van der Waals surface area contributed by atoms with Crippen molar-refractivity contribution in [3.05, 3.63) is 59.4 Å². The number of amides is 1. The number of ether oxygens (including phenoxy) is 2. The summed E-state index contributed by atoms with van der Waals surface area (Å²) in [6.07, 6.45) is 0.116. The van der Waals surface area contributed by atoms with Gasteiger partial charge < -0.3 is 14.8 Å². The van der Waals surface area contributed by atoms with Gasteiger partial charge in [-0.2, -0.15) is 0 Å². The molecule has 0 spiro atoms. The zero-order valence-electron chi connectivity index (χ0n) is 12.6. The van der Waals surface area contributed by atoms with Gasteiger partial charge >= 0.3 is 0 Å². The largest absolute Gasteiger partial charge is 0.497 e. The summed E-state index contributed by atoms with van der Waals surface area (Å²) < 4.78 is 23.5. The van der Waals surface area contributed by atoms with Crippen LogP contribution in [0.2, 0.25) is 0 Å². The molecule has 1 N–H and O–H groups in total. The van der Waals surface area contributed by atoms with Crippen LogP contribution < -0.4 is 14.8 Å². The molecule has 0 saturated heterocycles. The molecule has 0 saturated carbocycles. The second-order valence-corrected chi connectivity index (χ2v) is 4.77. The molecule has 0 aromatic heterocycles. The number of methoxy groups -OCH3 is 2. The Bertz CT molecular complexity index is 658. The molecular weight excluding hydrogens is 285 g/mol. The van der Waals surface area contributed by atoms with Crippen LogP contribution in [0.15, 0.2) is 42.5 Å². The molecule has 5 heteroatoms. The highest BCUT2D eigenvalue weighted by molar-refractivity contribution is 5.78. The summed E-state index contributed by atoms with van der Waals surface area (Å²) in [6.45, 7) is 0.397. The van der Waals surface area contributed by atoms with Crippen molar-refractivity contribution in [3.8, 4) is 11.5 Å². The Kier molecular flexibility index (Phi) is 5.36. The first-order valence-corrected chi connectivity index (χ1v) is 6.84. The first-order valence-electron chi connectivity index (χ1n) is 6.84. The predicted octanol–water partition coefficient (Wildman–Crippen LogP) is 2.70. The fraction of sp³-hybridized carbons (Fsp3) is 0.235. The molecule has 0 aliphatic rings. The second-order valence-electron chi connectivity index (χ2n) is 4.77. The molecule has 0 aliphatic heterocycles. The highest BCUT2D eigenvalue weighted by atomic mass is 19.1. The number of hydrogen-bond donors (Lipinski definition) is 1. The molecule has 0 unspecified atom stereocenters. The third-order valence-corrected chi connectivity index (χ3v) is 3.20. The standard InChI is InChI=1S/C17H18FNO3/c1-21-14-5-3-4-13(8-14)11-19-17(20)10-12-6-7-16(22-2)15(18)9-12/h3-9H,10-11H2,1-2H3,(H,19,20). The Hall–Kier alpha value is -2.56. The van der Waals surface area contributed by atoms with Crippen molar-refractivity contribution in [2.24, 2.45) is 0 Å². The Morgan fingerprint density at radius 1 is 1.09 bits per heavy atom. The summed E-state index contributed by atoms with van der Waals surface area (Å²) in [6, 6.07) is 11.9. The van der Waals surface area contributed by atoms with Gasteiger partial charge in [-0.25, -0.2) is 4.39 Å². The molecular formula is C17H18FNO3. The third-order valence-electron chi connectivity index (χ3n) is 3.20. The molecule has 0 fully saturated rings. The maximum atomic E-state index is 13.6. The fourth-order valence-electron chi connectivity index (χ4n) is 2.05. The molecule has 2 rings (SSSR count). The summed E-state index contributed by atoms with van der Waals surface area (Å²) in [4.78, 5) is 11.9. The van der Waals surface area contributed by atoms with Crippen molar-refractivity contribution in [2.45, 2.75) is 13.0 Å². The summed E-state index contributed by atoms with van der Waals surface area (Å²) >= 11 is 0. The Labute approximate surface area is 128 Å². The van der Waals surface area contributed by atoms with Crippen molar-refractivity contribution in [1.82, 2.24) is 5.32 Å². The van der Waals surface area contributed by atoms with Gasteiger partial charge in [-0.1, -0.05) is 18.2 Å². The van der Waals surface area contributed by atoms with Crippen LogP contribution >= 0.6 is 0 Å². The molecule has 1 amide bonds. The molecule has 4 nitrogen and oxygen atoms in total. The van der Waals surface area contributed by atoms with Crippen LogP contribution in [0.1, 0.15) is 11.1 Å². The van der Waals surface area contributed by atoms with Gasteiger partial charge in [-0.3, -0.25) is 4.79 Å². The number of carbonyl (C=O) groups is 1. The van der Waals surface area contributed by atoms with Crippen molar-refractivity contribution in [3.63, 3.8) is 0 Å². The van der Waals surface area contributed by atoms with E-state index in [4.69, 9.17) is 9.47 Å². The molecule has 0 heterocycles. The zero-order valence-corrected chi connectivity index (χ0v) is 12.6. The zero-order chi connectivity index (χ0) is 15.9. The van der Waals surface area contributed by atoms with Crippen LogP contribution in [0, 0.1) is 5.82 Å². The highest BCUT2D eigenvalue weighted by Crippen LogP contribution is 2.18. The SMILES string of the molecule is COc1cccc(CNC(=O)Cc2ccc(OC)c(F)c2)c1. The highest BCUT2D eigenvalue weighted by Gasteiger charge is 2.08. The van der Waals surface area contributed by atoms with Crippen molar-refractivity contribution in [1.29, 1.82) is 0 Å². The number of benzene rings is 2. The van der Waals surface area contributed by atoms with Crippen molar-refractivity contribution >= 4 is 5.91 Å². The summed E-state index contributed by atoms with van der Waals surface area (Å²) in [5.41, 5.74) is 1.54. The van der Waals surface area contributed by atoms with Crippen LogP contribution in [0.3, 0.4) is 0 Å². The van der Waals surface area contributed by atoms with Gasteiger partial charge in [0.1, 0.15) is 5.75 Å². The van der Waals surface area contributed by atoms with E-state index in [1.807, 2.05) is 24.3 Å². The van der Waals surface area contributed by atoms with Crippen molar-refractivity contribution in [2.75, 3.05) is 14.2 Å². The second kappa shape index (κ2) is 7.45. The molecule has 0 bridgehead atoms. The van der Waals surface area contributed by atoms with Crippen LogP contribution in [-0.2, 0) is 17.8 Å². The maximum absolute atomic E-state index is 13.6. The van der Waals surface area contributed by atoms with E-state index >= 15 is 0 Å². The van der Waals surface area contributed by atoms with Crippen LogP contribution in [0.4, 0.5) is 4.39 Å². The molecule has 0 atom stereocenters. The Morgan fingerprint density at radius 3 is 2.59 bits per heavy atom. The van der Waals surface area contributed by atoms with Gasteiger partial charge in [0.05, 0.1) is 20.6 Å². The van der Waals surface area contributed by atoms with Gasteiger partial charge in [0.15, 0.2) is 11.6 Å². The normalized spacial score (nSPS) is 10.1. The molecule has 0 radical (unpaired) electrons. The monoisotopic (exact) mass is 303 g/mol. The van der Waals surface area contributed by atoms with Gasteiger partial charge in [-0.15, -0.1) is 0 Å². The number of hydrogen-bond acceptors (Lipinski definition) is 3. The quantitative estimate of drug-likeness (QED) is 0.892. The smallest absolute Gasteiger partial charge is 0.224 e. The van der Waals surface area contributed by atoms with E-state index in [0.29, 0.717) is 12.1 Å². The molecule has 22 heavy (non-hydrogen) atoms.